The minimum absolute atomic E-state index is 0.0384. The first kappa shape index (κ1) is 57.1. The van der Waals surface area contributed by atoms with Gasteiger partial charge in [0.05, 0.1) is 25.0 Å². The number of rotatable bonds is 21. The van der Waals surface area contributed by atoms with Crippen molar-refractivity contribution in [3.8, 4) is 16.9 Å². The Hall–Kier alpha value is -8.57. The molecule has 424 valence electrons. The number of anilines is 2. The molecule has 0 bridgehead atoms. The monoisotopic (exact) mass is 1130 g/mol. The number of imide groups is 1. The summed E-state index contributed by atoms with van der Waals surface area (Å²) in [5.74, 6) is -2.96. The SMILES string of the molecule is CN(CCOCCc1ccc(NC(=O)NCc2ccc3c(c2)CN(C2CCC(=O)NC2=O)C3=O)cc1Cl)C(=O)OCc1ccc(OC2CC(O)CC(C(=O)O)O2)c(NC(=O)CCNC(=O)OCC2c3ccccc3-c3ccccc32)c1. The standard InChI is InChI=1S/C58H60ClN7O15/c1-65(21-23-77-22-19-35-12-13-37(26-45(35)59)62-56(74)61-29-33-10-14-39-36(24-33)30-66(54(39)71)47-15-17-50(68)64-53(47)70)58(76)79-31-34-11-16-48(80-52-28-38(67)27-49(81-52)55(72)73)46(25-34)63-51(69)18-20-60-57(75)78-32-44-42-8-4-2-6-40(42)41-7-3-5-9-43(41)44/h2-14,16,24-26,38,44,47,49,52,67H,15,17-23,27-32H2,1H3,(H,60,75)(H,63,69)(H,72,73)(H2,61,62,74)(H,64,68,70). The lowest BCUT2D eigenvalue weighted by Gasteiger charge is -2.31. The number of likely N-dealkylation sites (N-methyl/N-ethyl adjacent to an activating group) is 1. The zero-order chi connectivity index (χ0) is 57.2. The van der Waals surface area contributed by atoms with Gasteiger partial charge in [-0.05, 0) is 87.7 Å². The van der Waals surface area contributed by atoms with Crippen molar-refractivity contribution in [2.24, 2.45) is 0 Å². The van der Waals surface area contributed by atoms with E-state index >= 15 is 0 Å². The van der Waals surface area contributed by atoms with Crippen LogP contribution in [0.1, 0.15) is 81.8 Å². The molecule has 22 nitrogen and oxygen atoms in total. The Bertz CT molecular complexity index is 3190. The number of aliphatic hydroxyl groups excluding tert-OH is 1. The van der Waals surface area contributed by atoms with E-state index in [0.717, 1.165) is 38.9 Å². The van der Waals surface area contributed by atoms with Gasteiger partial charge in [-0.1, -0.05) is 84.4 Å². The first-order chi connectivity index (χ1) is 39.1. The number of aliphatic hydroxyl groups is 1. The number of piperidine rings is 1. The summed E-state index contributed by atoms with van der Waals surface area (Å²) in [4.78, 5) is 104. The van der Waals surface area contributed by atoms with Crippen molar-refractivity contribution in [2.45, 2.75) is 88.7 Å². The number of ether oxygens (including phenoxy) is 5. The second-order valence-electron chi connectivity index (χ2n) is 19.9. The summed E-state index contributed by atoms with van der Waals surface area (Å²) < 4.78 is 28.5. The topological polar surface area (TPSA) is 290 Å². The summed E-state index contributed by atoms with van der Waals surface area (Å²) in [5.41, 5.74) is 8.05. The summed E-state index contributed by atoms with van der Waals surface area (Å²) in [6.45, 7) is 0.805. The molecule has 8 amide bonds. The molecule has 4 unspecified atom stereocenters. The Labute approximate surface area is 470 Å². The number of amides is 8. The third-order valence-electron chi connectivity index (χ3n) is 14.2. The van der Waals surface area contributed by atoms with Crippen LogP contribution in [-0.2, 0) is 64.2 Å². The van der Waals surface area contributed by atoms with Crippen LogP contribution in [0.15, 0.2) is 103 Å². The van der Waals surface area contributed by atoms with Crippen molar-refractivity contribution < 1.29 is 72.3 Å². The van der Waals surface area contributed by atoms with Gasteiger partial charge in [-0.2, -0.15) is 0 Å². The zero-order valence-electron chi connectivity index (χ0n) is 44.1. The second kappa shape index (κ2) is 26.1. The maximum absolute atomic E-state index is 13.3. The van der Waals surface area contributed by atoms with Gasteiger partial charge in [0.2, 0.25) is 24.0 Å². The van der Waals surface area contributed by atoms with Gasteiger partial charge >= 0.3 is 24.2 Å². The molecule has 0 saturated carbocycles. The van der Waals surface area contributed by atoms with Crippen molar-refractivity contribution in [3.05, 3.63) is 147 Å². The van der Waals surface area contributed by atoms with Crippen LogP contribution in [0.25, 0.3) is 11.1 Å². The number of carboxylic acid groups (broad SMARTS) is 1. The van der Waals surface area contributed by atoms with Gasteiger partial charge in [-0.25, -0.2) is 19.2 Å². The zero-order valence-corrected chi connectivity index (χ0v) is 44.8. The molecular formula is C58H60ClN7O15. The maximum atomic E-state index is 13.3. The number of carbonyl (C=O) groups excluding carboxylic acids is 7. The average molecular weight is 1130 g/mol. The molecule has 2 saturated heterocycles. The largest absolute Gasteiger partial charge is 0.479 e. The van der Waals surface area contributed by atoms with Crippen LogP contribution in [0.4, 0.5) is 25.8 Å². The van der Waals surface area contributed by atoms with E-state index in [2.05, 4.69) is 26.6 Å². The van der Waals surface area contributed by atoms with Gasteiger partial charge in [0.25, 0.3) is 5.91 Å². The van der Waals surface area contributed by atoms with Gasteiger partial charge in [-0.15, -0.1) is 0 Å². The van der Waals surface area contributed by atoms with E-state index in [0.29, 0.717) is 28.3 Å². The van der Waals surface area contributed by atoms with Gasteiger partial charge in [0.15, 0.2) is 6.10 Å². The maximum Gasteiger partial charge on any atom is 0.409 e. The molecule has 2 fully saturated rings. The third-order valence-corrected chi connectivity index (χ3v) is 14.5. The fourth-order valence-electron chi connectivity index (χ4n) is 10.00. The lowest BCUT2D eigenvalue weighted by atomic mass is 9.98. The minimum atomic E-state index is -1.32. The van der Waals surface area contributed by atoms with Crippen molar-refractivity contribution in [3.63, 3.8) is 0 Å². The van der Waals surface area contributed by atoms with Gasteiger partial charge in [0.1, 0.15) is 25.0 Å². The van der Waals surface area contributed by atoms with E-state index in [1.165, 1.54) is 21.9 Å². The molecule has 3 heterocycles. The highest BCUT2D eigenvalue weighted by molar-refractivity contribution is 6.31. The normalized spacial score (nSPS) is 18.2. The lowest BCUT2D eigenvalue weighted by Crippen LogP contribution is -2.52. The van der Waals surface area contributed by atoms with Gasteiger partial charge in [0, 0.05) is 81.1 Å². The molecule has 23 heteroatoms. The molecule has 1 aliphatic carbocycles. The Morgan fingerprint density at radius 2 is 1.59 bits per heavy atom. The van der Waals surface area contributed by atoms with E-state index in [1.54, 1.807) is 43.4 Å². The molecule has 4 atom stereocenters. The first-order valence-electron chi connectivity index (χ1n) is 26.4. The molecule has 0 spiro atoms. The van der Waals surface area contributed by atoms with Crippen LogP contribution < -0.4 is 31.3 Å². The Balaban J connectivity index is 0.697. The van der Waals surface area contributed by atoms with E-state index < -0.39 is 60.5 Å². The molecule has 0 radical (unpaired) electrons. The molecule has 5 aromatic rings. The first-order valence-corrected chi connectivity index (χ1v) is 26.7. The number of hydrogen-bond acceptors (Lipinski definition) is 14. The Kier molecular flexibility index (Phi) is 18.4. The number of carboxylic acids is 1. The van der Waals surface area contributed by atoms with E-state index in [4.69, 9.17) is 35.3 Å². The van der Waals surface area contributed by atoms with Crippen LogP contribution in [0.5, 0.6) is 5.75 Å². The third kappa shape index (κ3) is 14.4. The predicted molar refractivity (Wildman–Crippen MR) is 292 cm³/mol. The number of nitrogens with zero attached hydrogens (tertiary/aromatic N) is 2. The number of hydrogen-bond donors (Lipinski definition) is 7. The number of halogens is 1. The average Bonchev–Trinajstić information content (AvgIpc) is 4.10. The lowest BCUT2D eigenvalue weighted by molar-refractivity contribution is -0.195. The number of nitrogens with one attached hydrogen (secondary N) is 5. The summed E-state index contributed by atoms with van der Waals surface area (Å²) in [6.07, 6.45) is -4.34. The summed E-state index contributed by atoms with van der Waals surface area (Å²) >= 11 is 6.56. The van der Waals surface area contributed by atoms with Crippen LogP contribution in [0, 0.1) is 0 Å². The van der Waals surface area contributed by atoms with E-state index in [1.807, 2.05) is 54.6 Å². The number of benzene rings is 5. The Morgan fingerprint density at radius 1 is 0.840 bits per heavy atom. The number of fused-ring (bicyclic) bond motifs is 4. The van der Waals surface area contributed by atoms with Crippen LogP contribution >= 0.6 is 11.6 Å². The quantitative estimate of drug-likeness (QED) is 0.0307. The minimum Gasteiger partial charge on any atom is -0.479 e. The molecule has 3 aliphatic heterocycles. The van der Waals surface area contributed by atoms with Crippen molar-refractivity contribution in [1.82, 2.24) is 25.8 Å². The van der Waals surface area contributed by atoms with Crippen molar-refractivity contribution >= 4 is 70.8 Å². The molecular weight excluding hydrogens is 1070 g/mol. The van der Waals surface area contributed by atoms with Gasteiger partial charge in [-0.3, -0.25) is 24.5 Å². The summed E-state index contributed by atoms with van der Waals surface area (Å²) in [5, 5.41) is 33.5. The van der Waals surface area contributed by atoms with Crippen LogP contribution in [0.3, 0.4) is 0 Å². The number of alkyl carbamates (subject to hydrolysis) is 1. The van der Waals surface area contributed by atoms with Crippen molar-refractivity contribution in [1.29, 1.82) is 0 Å². The van der Waals surface area contributed by atoms with E-state index in [-0.39, 0.29) is 114 Å². The fraction of sp³-hybridized carbons (Fsp3) is 0.345. The molecule has 4 aliphatic rings. The predicted octanol–water partition coefficient (Wildman–Crippen LogP) is 6.45. The highest BCUT2D eigenvalue weighted by Gasteiger charge is 2.39. The molecule has 81 heavy (non-hydrogen) atoms. The van der Waals surface area contributed by atoms with Gasteiger partial charge < -0.3 is 65.0 Å². The molecule has 0 aromatic heterocycles. The molecule has 7 N–H and O–H groups in total. The second-order valence-corrected chi connectivity index (χ2v) is 20.3. The van der Waals surface area contributed by atoms with Crippen molar-refractivity contribution in [2.75, 3.05) is 50.6 Å². The highest BCUT2D eigenvalue weighted by Crippen LogP contribution is 2.44. The summed E-state index contributed by atoms with van der Waals surface area (Å²) in [6, 6.07) is 29.6. The van der Waals surface area contributed by atoms with Crippen LogP contribution in [0.2, 0.25) is 5.02 Å². The summed E-state index contributed by atoms with van der Waals surface area (Å²) in [7, 11) is 1.54. The van der Waals surface area contributed by atoms with E-state index in [9.17, 15) is 48.6 Å². The number of carbonyl (C=O) groups is 8. The molecule has 5 aromatic carbocycles. The molecule has 9 rings (SSSR count). The number of aliphatic carboxylic acids is 1. The Morgan fingerprint density at radius 3 is 2.33 bits per heavy atom. The fourth-order valence-corrected chi connectivity index (χ4v) is 10.3. The smallest absolute Gasteiger partial charge is 0.409 e. The highest BCUT2D eigenvalue weighted by atomic mass is 35.5. The van der Waals surface area contributed by atoms with Crippen LogP contribution in [-0.4, -0.2) is 132 Å². The number of urea groups is 1.